The van der Waals surface area contributed by atoms with Gasteiger partial charge in [0.05, 0.1) is 6.04 Å². The highest BCUT2D eigenvalue weighted by molar-refractivity contribution is 5.81. The van der Waals surface area contributed by atoms with Gasteiger partial charge in [0.2, 0.25) is 11.8 Å². The zero-order valence-corrected chi connectivity index (χ0v) is 23.4. The van der Waals surface area contributed by atoms with E-state index in [1.54, 1.807) is 0 Å². The molecular formula is C34H44N2O2. The van der Waals surface area contributed by atoms with Crippen molar-refractivity contribution in [3.63, 3.8) is 0 Å². The molecule has 0 spiro atoms. The second-order valence-electron chi connectivity index (χ2n) is 13.1. The molecule has 4 heteroatoms. The van der Waals surface area contributed by atoms with Gasteiger partial charge in [0.25, 0.3) is 0 Å². The summed E-state index contributed by atoms with van der Waals surface area (Å²) in [6, 6.07) is 21.1. The van der Waals surface area contributed by atoms with Crippen molar-refractivity contribution in [3.8, 4) is 0 Å². The summed E-state index contributed by atoms with van der Waals surface area (Å²) < 4.78 is 0. The largest absolute Gasteiger partial charge is 0.345 e. The van der Waals surface area contributed by atoms with Crippen LogP contribution in [0.1, 0.15) is 89.3 Å². The highest BCUT2D eigenvalue weighted by Gasteiger charge is 2.62. The Labute approximate surface area is 228 Å². The minimum atomic E-state index is -0.127. The number of hydrogen-bond acceptors (Lipinski definition) is 2. The summed E-state index contributed by atoms with van der Waals surface area (Å²) in [5.41, 5.74) is 2.55. The molecule has 2 amide bonds. The molecule has 0 bridgehead atoms. The topological polar surface area (TPSA) is 49.4 Å². The molecule has 1 aliphatic heterocycles. The van der Waals surface area contributed by atoms with Gasteiger partial charge in [0.15, 0.2) is 0 Å². The summed E-state index contributed by atoms with van der Waals surface area (Å²) in [6.45, 7) is 7.91. The molecule has 1 heterocycles. The number of nitrogens with zero attached hydrogens (tertiary/aromatic N) is 1. The van der Waals surface area contributed by atoms with E-state index in [1.807, 2.05) is 12.1 Å². The maximum absolute atomic E-state index is 14.1. The maximum atomic E-state index is 14.1. The molecular weight excluding hydrogens is 468 g/mol. The zero-order valence-electron chi connectivity index (χ0n) is 23.4. The van der Waals surface area contributed by atoms with Crippen LogP contribution in [-0.2, 0) is 9.59 Å². The fourth-order valence-electron chi connectivity index (χ4n) is 9.71. The van der Waals surface area contributed by atoms with Gasteiger partial charge >= 0.3 is 0 Å². The first-order valence-electron chi connectivity index (χ1n) is 15.1. The van der Waals surface area contributed by atoms with Gasteiger partial charge in [-0.1, -0.05) is 74.5 Å². The molecule has 3 saturated carbocycles. The molecule has 1 N–H and O–H groups in total. The lowest BCUT2D eigenvalue weighted by molar-refractivity contribution is -0.162. The van der Waals surface area contributed by atoms with E-state index in [0.29, 0.717) is 36.1 Å². The number of hydrogen-bond donors (Lipinski definition) is 1. The van der Waals surface area contributed by atoms with Crippen LogP contribution in [0, 0.1) is 34.5 Å². The molecule has 4 fully saturated rings. The predicted octanol–water partition coefficient (Wildman–Crippen LogP) is 6.76. The number of fused-ring (bicyclic) bond motifs is 5. The van der Waals surface area contributed by atoms with E-state index < -0.39 is 0 Å². The zero-order chi connectivity index (χ0) is 26.5. The van der Waals surface area contributed by atoms with Crippen LogP contribution >= 0.6 is 0 Å². The molecule has 38 heavy (non-hydrogen) atoms. The summed E-state index contributed by atoms with van der Waals surface area (Å²) in [5, 5.41) is 3.51. The molecule has 4 nitrogen and oxygen atoms in total. The van der Waals surface area contributed by atoms with Gasteiger partial charge in [0, 0.05) is 24.9 Å². The molecule has 2 aromatic carbocycles. The van der Waals surface area contributed by atoms with Crippen molar-refractivity contribution in [2.24, 2.45) is 34.5 Å². The van der Waals surface area contributed by atoms with Gasteiger partial charge in [-0.05, 0) is 91.6 Å². The third-order valence-electron chi connectivity index (χ3n) is 11.6. The maximum Gasteiger partial charge on any atom is 0.224 e. The first-order valence-corrected chi connectivity index (χ1v) is 15.1. The summed E-state index contributed by atoms with van der Waals surface area (Å²) in [6.07, 6.45) is 8.56. The van der Waals surface area contributed by atoms with Crippen molar-refractivity contribution in [1.29, 1.82) is 0 Å². The molecule has 0 aromatic heterocycles. The second-order valence-corrected chi connectivity index (χ2v) is 13.1. The number of nitrogens with one attached hydrogen (secondary N) is 1. The van der Waals surface area contributed by atoms with E-state index in [-0.39, 0.29) is 28.7 Å². The number of carbonyl (C=O) groups excluding carboxylic acids is 2. The molecule has 4 aliphatic rings. The van der Waals surface area contributed by atoms with Crippen LogP contribution in [0.25, 0.3) is 0 Å². The lowest BCUT2D eigenvalue weighted by Gasteiger charge is -2.62. The lowest BCUT2D eigenvalue weighted by Crippen LogP contribution is -2.62. The van der Waals surface area contributed by atoms with Gasteiger partial charge in [-0.25, -0.2) is 0 Å². The normalized spacial score (nSPS) is 36.4. The van der Waals surface area contributed by atoms with Crippen molar-refractivity contribution >= 4 is 11.8 Å². The molecule has 1 saturated heterocycles. The SMILES string of the molecule is CCN1C(=O)CC[C@]2(C)[C@H]3CC[C@]4(C)[C@@H](C(=O)NC(c5ccccc5)c5ccccc5)CC[C@H]4[C@@H]3CC[C@@H]12. The van der Waals surface area contributed by atoms with Gasteiger partial charge in [0.1, 0.15) is 0 Å². The third-order valence-corrected chi connectivity index (χ3v) is 11.6. The quantitative estimate of drug-likeness (QED) is 0.481. The van der Waals surface area contributed by atoms with E-state index in [9.17, 15) is 9.59 Å². The van der Waals surface area contributed by atoms with Crippen molar-refractivity contribution in [2.75, 3.05) is 6.54 Å². The first kappa shape index (κ1) is 25.6. The first-order chi connectivity index (χ1) is 18.4. The molecule has 2 aromatic rings. The van der Waals surface area contributed by atoms with Crippen molar-refractivity contribution in [2.45, 2.75) is 84.2 Å². The Bertz CT molecular complexity index is 1130. The Hall–Kier alpha value is -2.62. The van der Waals surface area contributed by atoms with Crippen LogP contribution in [-0.4, -0.2) is 29.3 Å². The van der Waals surface area contributed by atoms with E-state index in [2.05, 4.69) is 79.5 Å². The summed E-state index contributed by atoms with van der Waals surface area (Å²) in [5.74, 6) is 2.61. The van der Waals surface area contributed by atoms with Crippen LogP contribution in [0.3, 0.4) is 0 Å². The van der Waals surface area contributed by atoms with E-state index in [1.165, 1.54) is 12.8 Å². The second kappa shape index (κ2) is 9.84. The van der Waals surface area contributed by atoms with Crippen LogP contribution in [0.15, 0.2) is 60.7 Å². The van der Waals surface area contributed by atoms with Gasteiger partial charge in [-0.15, -0.1) is 0 Å². The number of amides is 2. The number of likely N-dealkylation sites (tertiary alicyclic amines) is 1. The summed E-state index contributed by atoms with van der Waals surface area (Å²) >= 11 is 0. The number of carbonyl (C=O) groups is 2. The Balaban J connectivity index is 1.23. The molecule has 0 unspecified atom stereocenters. The Morgan fingerprint density at radius 2 is 1.50 bits per heavy atom. The fraction of sp³-hybridized carbons (Fsp3) is 0.588. The van der Waals surface area contributed by atoms with Crippen LogP contribution in [0.2, 0.25) is 0 Å². The highest BCUT2D eigenvalue weighted by atomic mass is 16.2. The Morgan fingerprint density at radius 1 is 0.868 bits per heavy atom. The fourth-order valence-corrected chi connectivity index (χ4v) is 9.71. The molecule has 6 rings (SSSR count). The van der Waals surface area contributed by atoms with Gasteiger partial charge in [-0.2, -0.15) is 0 Å². The van der Waals surface area contributed by atoms with Crippen molar-refractivity contribution in [1.82, 2.24) is 10.2 Å². The molecule has 7 atom stereocenters. The molecule has 202 valence electrons. The number of piperidine rings is 1. The molecule has 3 aliphatic carbocycles. The minimum absolute atomic E-state index is 0.0568. The van der Waals surface area contributed by atoms with Crippen LogP contribution < -0.4 is 5.32 Å². The van der Waals surface area contributed by atoms with Crippen molar-refractivity contribution in [3.05, 3.63) is 71.8 Å². The van der Waals surface area contributed by atoms with Crippen LogP contribution in [0.4, 0.5) is 0 Å². The van der Waals surface area contributed by atoms with E-state index in [0.717, 1.165) is 49.8 Å². The smallest absolute Gasteiger partial charge is 0.224 e. The Morgan fingerprint density at radius 3 is 2.13 bits per heavy atom. The van der Waals surface area contributed by atoms with Gasteiger partial charge < -0.3 is 10.2 Å². The minimum Gasteiger partial charge on any atom is -0.345 e. The number of rotatable bonds is 5. The average molecular weight is 513 g/mol. The number of benzene rings is 2. The van der Waals surface area contributed by atoms with Crippen molar-refractivity contribution < 1.29 is 9.59 Å². The van der Waals surface area contributed by atoms with E-state index in [4.69, 9.17) is 0 Å². The average Bonchev–Trinajstić information content (AvgIpc) is 3.30. The Kier molecular flexibility index (Phi) is 6.64. The van der Waals surface area contributed by atoms with Gasteiger partial charge in [-0.3, -0.25) is 9.59 Å². The van der Waals surface area contributed by atoms with Crippen LogP contribution in [0.5, 0.6) is 0 Å². The highest BCUT2D eigenvalue weighted by Crippen LogP contribution is 2.66. The summed E-state index contributed by atoms with van der Waals surface area (Å²) in [4.78, 5) is 29.0. The monoisotopic (exact) mass is 512 g/mol. The predicted molar refractivity (Wildman–Crippen MR) is 151 cm³/mol. The summed E-state index contributed by atoms with van der Waals surface area (Å²) in [7, 11) is 0. The standard InChI is InChI=1S/C34H44N2O2/c1-4-36-29-18-15-25-26-16-17-28(33(26,2)21-19-27(25)34(29,3)22-20-30(36)37)32(38)35-31(23-11-7-5-8-12-23)24-13-9-6-10-14-24/h5-14,25-29,31H,4,15-22H2,1-3H3,(H,35,38)/t25-,26-,27-,28+,29+,33-,34+/m0/s1. The molecule has 0 radical (unpaired) electrons. The third kappa shape index (κ3) is 4.01. The van der Waals surface area contributed by atoms with E-state index >= 15 is 0 Å². The lowest BCUT2D eigenvalue weighted by atomic mass is 9.46.